The first-order valence-electron chi connectivity index (χ1n) is 10.9. The third-order valence-electron chi connectivity index (χ3n) is 5.74. The molecule has 2 atom stereocenters. The number of rotatable bonds is 3. The molecule has 0 aromatic heterocycles. The lowest BCUT2D eigenvalue weighted by atomic mass is 9.76. The quantitative estimate of drug-likeness (QED) is 0.292. The first-order chi connectivity index (χ1) is 17.3. The van der Waals surface area contributed by atoms with Crippen LogP contribution in [0.25, 0.3) is 0 Å². The summed E-state index contributed by atoms with van der Waals surface area (Å²) in [6, 6.07) is 18.1. The SMILES string of the molecule is C#Cc1ccccc1.CC1(C(=O)Nc2ccc(C#N)c(C(F)(F)F)c2)CC(C)(c2c(F)cccc2Cl)O1. The van der Waals surface area contributed by atoms with Crippen LogP contribution in [-0.2, 0) is 21.3 Å². The molecular formula is C28H21ClF4N2O2. The number of terminal acetylenes is 1. The molecule has 9 heteroatoms. The van der Waals surface area contributed by atoms with Crippen LogP contribution in [0.3, 0.4) is 0 Å². The molecule has 1 aliphatic rings. The van der Waals surface area contributed by atoms with Crippen LogP contribution in [0, 0.1) is 29.5 Å². The maximum absolute atomic E-state index is 14.2. The lowest BCUT2D eigenvalue weighted by molar-refractivity contribution is -0.252. The predicted molar refractivity (Wildman–Crippen MR) is 132 cm³/mol. The van der Waals surface area contributed by atoms with Crippen molar-refractivity contribution in [1.82, 2.24) is 0 Å². The zero-order chi connectivity index (χ0) is 27.4. The van der Waals surface area contributed by atoms with Crippen LogP contribution in [0.2, 0.25) is 5.02 Å². The van der Waals surface area contributed by atoms with Gasteiger partial charge in [0, 0.05) is 28.3 Å². The Morgan fingerprint density at radius 3 is 2.27 bits per heavy atom. The molecule has 0 spiro atoms. The zero-order valence-electron chi connectivity index (χ0n) is 19.8. The van der Waals surface area contributed by atoms with Crippen molar-refractivity contribution in [2.75, 3.05) is 5.32 Å². The third kappa shape index (κ3) is 6.11. The highest BCUT2D eigenvalue weighted by molar-refractivity contribution is 6.31. The van der Waals surface area contributed by atoms with E-state index < -0.39 is 40.2 Å². The lowest BCUT2D eigenvalue weighted by Gasteiger charge is -2.52. The number of nitriles is 1. The average Bonchev–Trinajstić information content (AvgIpc) is 2.83. The normalized spacial score (nSPS) is 20.4. The lowest BCUT2D eigenvalue weighted by Crippen LogP contribution is -2.60. The number of anilines is 1. The second-order valence-electron chi connectivity index (χ2n) is 8.67. The van der Waals surface area contributed by atoms with Gasteiger partial charge in [0.25, 0.3) is 5.91 Å². The van der Waals surface area contributed by atoms with Crippen molar-refractivity contribution in [3.63, 3.8) is 0 Å². The topological polar surface area (TPSA) is 62.1 Å². The number of hydrogen-bond acceptors (Lipinski definition) is 3. The average molecular weight is 529 g/mol. The van der Waals surface area contributed by atoms with E-state index in [1.54, 1.807) is 6.92 Å². The van der Waals surface area contributed by atoms with Gasteiger partial charge in [-0.1, -0.05) is 41.8 Å². The Morgan fingerprint density at radius 2 is 1.76 bits per heavy atom. The molecule has 1 heterocycles. The van der Waals surface area contributed by atoms with Crippen molar-refractivity contribution in [1.29, 1.82) is 5.26 Å². The van der Waals surface area contributed by atoms with E-state index in [0.29, 0.717) is 6.07 Å². The Labute approximate surface area is 216 Å². The molecule has 1 fully saturated rings. The van der Waals surface area contributed by atoms with Crippen molar-refractivity contribution in [3.8, 4) is 18.4 Å². The van der Waals surface area contributed by atoms with Crippen molar-refractivity contribution in [2.45, 2.75) is 37.6 Å². The van der Waals surface area contributed by atoms with Gasteiger partial charge in [-0.25, -0.2) is 4.39 Å². The fourth-order valence-electron chi connectivity index (χ4n) is 4.15. The van der Waals surface area contributed by atoms with Gasteiger partial charge in [-0.3, -0.25) is 4.79 Å². The summed E-state index contributed by atoms with van der Waals surface area (Å²) in [6.07, 6.45) is 0.417. The molecule has 1 N–H and O–H groups in total. The van der Waals surface area contributed by atoms with E-state index in [9.17, 15) is 22.4 Å². The zero-order valence-corrected chi connectivity index (χ0v) is 20.5. The summed E-state index contributed by atoms with van der Waals surface area (Å²) >= 11 is 6.06. The highest BCUT2D eigenvalue weighted by Gasteiger charge is 2.57. The molecule has 1 amide bonds. The van der Waals surface area contributed by atoms with Crippen molar-refractivity contribution in [2.24, 2.45) is 0 Å². The number of hydrogen-bond donors (Lipinski definition) is 1. The van der Waals surface area contributed by atoms with Gasteiger partial charge in [-0.15, -0.1) is 6.42 Å². The Kier molecular flexibility index (Phi) is 7.97. The molecule has 0 aliphatic carbocycles. The van der Waals surface area contributed by atoms with E-state index >= 15 is 0 Å². The Hall–Kier alpha value is -3.85. The highest BCUT2D eigenvalue weighted by Crippen LogP contribution is 2.51. The number of alkyl halides is 3. The minimum Gasteiger partial charge on any atom is -0.354 e. The van der Waals surface area contributed by atoms with E-state index in [2.05, 4.69) is 11.2 Å². The molecule has 0 saturated carbocycles. The van der Waals surface area contributed by atoms with Crippen molar-refractivity contribution >= 4 is 23.2 Å². The first-order valence-corrected chi connectivity index (χ1v) is 11.3. The minimum atomic E-state index is -4.75. The summed E-state index contributed by atoms with van der Waals surface area (Å²) in [5.41, 5.74) is -3.34. The smallest absolute Gasteiger partial charge is 0.354 e. The van der Waals surface area contributed by atoms with Crippen LogP contribution in [0.4, 0.5) is 23.2 Å². The molecule has 4 nitrogen and oxygen atoms in total. The monoisotopic (exact) mass is 528 g/mol. The molecule has 190 valence electrons. The summed E-state index contributed by atoms with van der Waals surface area (Å²) in [5.74, 6) is 1.25. The van der Waals surface area contributed by atoms with E-state index in [-0.39, 0.29) is 22.7 Å². The first kappa shape index (κ1) is 27.7. The van der Waals surface area contributed by atoms with E-state index in [1.807, 2.05) is 30.3 Å². The van der Waals surface area contributed by atoms with Gasteiger partial charge in [0.05, 0.1) is 22.8 Å². The molecule has 3 aromatic carbocycles. The summed E-state index contributed by atoms with van der Waals surface area (Å²) < 4.78 is 59.2. The second-order valence-corrected chi connectivity index (χ2v) is 9.08. The Bertz CT molecular complexity index is 1370. The number of benzene rings is 3. The number of nitrogens with one attached hydrogen (secondary N) is 1. The largest absolute Gasteiger partial charge is 0.417 e. The predicted octanol–water partition coefficient (Wildman–Crippen LogP) is 7.07. The minimum absolute atomic E-state index is 0.0644. The number of amides is 1. The standard InChI is InChI=1S/C20H15ClF4N2O2.C8H6/c1-18(16-14(21)4-3-5-15(16)22)10-19(2,29-18)17(28)27-12-7-6-11(9-26)13(8-12)20(23,24)25;1-2-8-6-4-3-5-7-8/h3-8H,10H2,1-2H3,(H,27,28);1,3-7H. The molecule has 4 rings (SSSR count). The van der Waals surface area contributed by atoms with E-state index in [4.69, 9.17) is 28.0 Å². The molecule has 3 aromatic rings. The van der Waals surface area contributed by atoms with Gasteiger partial charge >= 0.3 is 6.18 Å². The van der Waals surface area contributed by atoms with Crippen LogP contribution < -0.4 is 5.32 Å². The molecule has 0 radical (unpaired) electrons. The summed E-state index contributed by atoms with van der Waals surface area (Å²) in [4.78, 5) is 12.6. The third-order valence-corrected chi connectivity index (χ3v) is 6.06. The van der Waals surface area contributed by atoms with Crippen LogP contribution in [0.5, 0.6) is 0 Å². The molecule has 0 bridgehead atoms. The van der Waals surface area contributed by atoms with E-state index in [0.717, 1.165) is 11.6 Å². The van der Waals surface area contributed by atoms with Gasteiger partial charge in [-0.2, -0.15) is 18.4 Å². The second kappa shape index (κ2) is 10.6. The van der Waals surface area contributed by atoms with Gasteiger partial charge in [0.1, 0.15) is 11.4 Å². The molecular weight excluding hydrogens is 508 g/mol. The Morgan fingerprint density at radius 1 is 1.11 bits per heavy atom. The van der Waals surface area contributed by atoms with Crippen LogP contribution in [0.15, 0.2) is 66.7 Å². The molecule has 2 unspecified atom stereocenters. The molecule has 1 saturated heterocycles. The van der Waals surface area contributed by atoms with Gasteiger partial charge in [0.15, 0.2) is 0 Å². The maximum atomic E-state index is 14.2. The summed E-state index contributed by atoms with van der Waals surface area (Å²) in [5, 5.41) is 11.4. The number of nitrogens with zero attached hydrogens (tertiary/aromatic N) is 1. The fraction of sp³-hybridized carbons (Fsp3) is 0.214. The van der Waals surface area contributed by atoms with Crippen LogP contribution >= 0.6 is 11.6 Å². The van der Waals surface area contributed by atoms with Crippen LogP contribution in [0.1, 0.15) is 42.5 Å². The van der Waals surface area contributed by atoms with Crippen molar-refractivity contribution in [3.05, 3.63) is 99.8 Å². The van der Waals surface area contributed by atoms with Gasteiger partial charge < -0.3 is 10.1 Å². The number of halogens is 5. The fourth-order valence-corrected chi connectivity index (χ4v) is 4.52. The van der Waals surface area contributed by atoms with Crippen molar-refractivity contribution < 1.29 is 27.1 Å². The molecule has 1 aliphatic heterocycles. The van der Waals surface area contributed by atoms with Gasteiger partial charge in [-0.05, 0) is 56.3 Å². The number of carbonyl (C=O) groups is 1. The number of ether oxygens (including phenoxy) is 1. The van der Waals surface area contributed by atoms with Gasteiger partial charge in [0.2, 0.25) is 0 Å². The van der Waals surface area contributed by atoms with E-state index in [1.165, 1.54) is 37.3 Å². The number of carbonyl (C=O) groups excluding carboxylic acids is 1. The maximum Gasteiger partial charge on any atom is 0.417 e. The summed E-state index contributed by atoms with van der Waals surface area (Å²) in [6.45, 7) is 3.03. The van der Waals surface area contributed by atoms with Crippen LogP contribution in [-0.4, -0.2) is 11.5 Å². The summed E-state index contributed by atoms with van der Waals surface area (Å²) in [7, 11) is 0. The Balaban J connectivity index is 0.000000405. The molecule has 37 heavy (non-hydrogen) atoms. The highest BCUT2D eigenvalue weighted by atomic mass is 35.5.